The van der Waals surface area contributed by atoms with Gasteiger partial charge in [-0.3, -0.25) is 0 Å². The van der Waals surface area contributed by atoms with Crippen LogP contribution in [0.2, 0.25) is 0 Å². The molecule has 0 radical (unpaired) electrons. The number of methoxy groups -OCH3 is 1. The first-order chi connectivity index (χ1) is 12.2. The van der Waals surface area contributed by atoms with Crippen LogP contribution in [0.3, 0.4) is 0 Å². The molecule has 132 valence electrons. The van der Waals surface area contributed by atoms with E-state index in [1.165, 1.54) is 0 Å². The van der Waals surface area contributed by atoms with Crippen LogP contribution in [-0.2, 0) is 11.3 Å². The zero-order chi connectivity index (χ0) is 17.6. The second kappa shape index (κ2) is 7.92. The smallest absolute Gasteiger partial charge is 0.407 e. The standard InChI is InChI=1S/C20H24N2O3/c1-3-15-11-19(17-12-16(24-2)9-10-18(17)21-15)22-20(23)25-13-14-7-5-4-6-8-14/h4-10,12,15,19,21H,3,11,13H2,1-2H3,(H,22,23)/t15-,19+/m1/s1. The van der Waals surface area contributed by atoms with Crippen molar-refractivity contribution in [1.29, 1.82) is 0 Å². The number of amides is 1. The minimum absolute atomic E-state index is 0.0976. The molecule has 0 fully saturated rings. The molecule has 3 rings (SSSR count). The third-order valence-electron chi connectivity index (χ3n) is 4.51. The van der Waals surface area contributed by atoms with Gasteiger partial charge in [0.25, 0.3) is 0 Å². The van der Waals surface area contributed by atoms with Crippen molar-refractivity contribution in [3.8, 4) is 5.75 Å². The van der Waals surface area contributed by atoms with E-state index in [4.69, 9.17) is 9.47 Å². The molecule has 0 spiro atoms. The van der Waals surface area contributed by atoms with Crippen LogP contribution in [0.15, 0.2) is 48.5 Å². The van der Waals surface area contributed by atoms with Crippen LogP contribution in [0.5, 0.6) is 5.75 Å². The number of carbonyl (C=O) groups excluding carboxylic acids is 1. The van der Waals surface area contributed by atoms with Crippen LogP contribution in [0.25, 0.3) is 0 Å². The predicted molar refractivity (Wildman–Crippen MR) is 97.8 cm³/mol. The molecule has 0 unspecified atom stereocenters. The largest absolute Gasteiger partial charge is 0.497 e. The highest BCUT2D eigenvalue weighted by Crippen LogP contribution is 2.36. The highest BCUT2D eigenvalue weighted by atomic mass is 16.5. The maximum atomic E-state index is 12.3. The van der Waals surface area contributed by atoms with Gasteiger partial charge in [-0.2, -0.15) is 0 Å². The van der Waals surface area contributed by atoms with E-state index in [0.717, 1.165) is 35.4 Å². The Balaban J connectivity index is 1.69. The Hall–Kier alpha value is -2.69. The molecule has 1 heterocycles. The summed E-state index contributed by atoms with van der Waals surface area (Å²) in [6, 6.07) is 15.8. The van der Waals surface area contributed by atoms with Gasteiger partial charge in [-0.25, -0.2) is 4.79 Å². The molecule has 0 aromatic heterocycles. The summed E-state index contributed by atoms with van der Waals surface area (Å²) < 4.78 is 10.7. The summed E-state index contributed by atoms with van der Waals surface area (Å²) in [7, 11) is 1.64. The molecule has 5 heteroatoms. The number of hydrogen-bond acceptors (Lipinski definition) is 4. The van der Waals surface area contributed by atoms with Crippen molar-refractivity contribution in [1.82, 2.24) is 5.32 Å². The lowest BCUT2D eigenvalue weighted by molar-refractivity contribution is 0.134. The molecular weight excluding hydrogens is 316 g/mol. The van der Waals surface area contributed by atoms with Gasteiger partial charge in [-0.15, -0.1) is 0 Å². The van der Waals surface area contributed by atoms with Crippen molar-refractivity contribution in [2.24, 2.45) is 0 Å². The molecule has 25 heavy (non-hydrogen) atoms. The van der Waals surface area contributed by atoms with Crippen molar-refractivity contribution < 1.29 is 14.3 Å². The molecule has 1 aliphatic rings. The lowest BCUT2D eigenvalue weighted by atomic mass is 9.91. The van der Waals surface area contributed by atoms with E-state index in [-0.39, 0.29) is 12.6 Å². The number of carbonyl (C=O) groups is 1. The zero-order valence-electron chi connectivity index (χ0n) is 14.6. The Bertz CT molecular complexity index is 718. The van der Waals surface area contributed by atoms with Gasteiger partial charge in [0.15, 0.2) is 0 Å². The number of fused-ring (bicyclic) bond motifs is 1. The third kappa shape index (κ3) is 4.24. The summed E-state index contributed by atoms with van der Waals surface area (Å²) >= 11 is 0. The van der Waals surface area contributed by atoms with Gasteiger partial charge in [0, 0.05) is 17.3 Å². The number of alkyl carbamates (subject to hydrolysis) is 1. The molecule has 2 atom stereocenters. The molecule has 0 saturated carbocycles. The van der Waals surface area contributed by atoms with E-state index in [9.17, 15) is 4.79 Å². The van der Waals surface area contributed by atoms with E-state index in [1.807, 2.05) is 48.5 Å². The number of anilines is 1. The average molecular weight is 340 g/mol. The van der Waals surface area contributed by atoms with E-state index in [1.54, 1.807) is 7.11 Å². The third-order valence-corrected chi connectivity index (χ3v) is 4.51. The van der Waals surface area contributed by atoms with Crippen LogP contribution in [0.1, 0.15) is 36.9 Å². The Morgan fingerprint density at radius 3 is 2.76 bits per heavy atom. The van der Waals surface area contributed by atoms with Crippen LogP contribution in [0.4, 0.5) is 10.5 Å². The molecule has 2 N–H and O–H groups in total. The van der Waals surface area contributed by atoms with Gasteiger partial charge in [0.05, 0.1) is 13.2 Å². The van der Waals surface area contributed by atoms with Crippen molar-refractivity contribution >= 4 is 11.8 Å². The van der Waals surface area contributed by atoms with E-state index >= 15 is 0 Å². The van der Waals surface area contributed by atoms with Crippen LogP contribution in [0, 0.1) is 0 Å². The number of ether oxygens (including phenoxy) is 2. The quantitative estimate of drug-likeness (QED) is 0.854. The minimum atomic E-state index is -0.403. The monoisotopic (exact) mass is 340 g/mol. The van der Waals surface area contributed by atoms with E-state index in [0.29, 0.717) is 6.04 Å². The summed E-state index contributed by atoms with van der Waals surface area (Å²) in [5.41, 5.74) is 3.03. The molecule has 1 aliphatic heterocycles. The molecule has 5 nitrogen and oxygen atoms in total. The summed E-state index contributed by atoms with van der Waals surface area (Å²) in [4.78, 5) is 12.3. The lowest BCUT2D eigenvalue weighted by Crippen LogP contribution is -2.37. The Kier molecular flexibility index (Phi) is 5.43. The van der Waals surface area contributed by atoms with Gasteiger partial charge in [0.2, 0.25) is 0 Å². The first kappa shape index (κ1) is 17.1. The fourth-order valence-corrected chi connectivity index (χ4v) is 3.09. The number of rotatable bonds is 5. The molecular formula is C20H24N2O3. The number of nitrogens with one attached hydrogen (secondary N) is 2. The van der Waals surface area contributed by atoms with Crippen LogP contribution >= 0.6 is 0 Å². The summed E-state index contributed by atoms with van der Waals surface area (Å²) in [6.45, 7) is 2.40. The second-order valence-electron chi connectivity index (χ2n) is 6.20. The second-order valence-corrected chi connectivity index (χ2v) is 6.20. The Morgan fingerprint density at radius 1 is 1.24 bits per heavy atom. The fraction of sp³-hybridized carbons (Fsp3) is 0.350. The SMILES string of the molecule is CC[C@@H]1C[C@H](NC(=O)OCc2ccccc2)c2cc(OC)ccc2N1. The molecule has 0 saturated heterocycles. The maximum Gasteiger partial charge on any atom is 0.407 e. The molecule has 0 aliphatic carbocycles. The normalized spacial score (nSPS) is 18.6. The maximum absolute atomic E-state index is 12.3. The van der Waals surface area contributed by atoms with Gasteiger partial charge in [-0.1, -0.05) is 37.3 Å². The number of hydrogen-bond donors (Lipinski definition) is 2. The number of benzene rings is 2. The lowest BCUT2D eigenvalue weighted by Gasteiger charge is -2.33. The summed E-state index contributed by atoms with van der Waals surface area (Å²) in [6.07, 6.45) is 1.40. The molecule has 0 bridgehead atoms. The first-order valence-corrected chi connectivity index (χ1v) is 8.61. The van der Waals surface area contributed by atoms with Crippen LogP contribution < -0.4 is 15.4 Å². The van der Waals surface area contributed by atoms with Crippen molar-refractivity contribution in [2.75, 3.05) is 12.4 Å². The highest BCUT2D eigenvalue weighted by Gasteiger charge is 2.27. The van der Waals surface area contributed by atoms with Gasteiger partial charge >= 0.3 is 6.09 Å². The van der Waals surface area contributed by atoms with Gasteiger partial charge in [-0.05, 0) is 36.6 Å². The Morgan fingerprint density at radius 2 is 2.04 bits per heavy atom. The molecule has 2 aromatic rings. The van der Waals surface area contributed by atoms with Crippen molar-refractivity contribution in [2.45, 2.75) is 38.5 Å². The van der Waals surface area contributed by atoms with Crippen molar-refractivity contribution in [3.63, 3.8) is 0 Å². The molecule has 1 amide bonds. The summed E-state index contributed by atoms with van der Waals surface area (Å²) in [5, 5.41) is 6.52. The van der Waals surface area contributed by atoms with Crippen LogP contribution in [-0.4, -0.2) is 19.2 Å². The van der Waals surface area contributed by atoms with Gasteiger partial charge in [0.1, 0.15) is 12.4 Å². The molecule has 2 aromatic carbocycles. The summed E-state index contributed by atoms with van der Waals surface area (Å²) in [5.74, 6) is 0.778. The van der Waals surface area contributed by atoms with E-state index in [2.05, 4.69) is 17.6 Å². The topological polar surface area (TPSA) is 59.6 Å². The Labute approximate surface area is 148 Å². The average Bonchev–Trinajstić information content (AvgIpc) is 2.66. The fourth-order valence-electron chi connectivity index (χ4n) is 3.09. The van der Waals surface area contributed by atoms with Crippen molar-refractivity contribution in [3.05, 3.63) is 59.7 Å². The van der Waals surface area contributed by atoms with E-state index < -0.39 is 6.09 Å². The predicted octanol–water partition coefficient (Wildman–Crippen LogP) is 4.26. The first-order valence-electron chi connectivity index (χ1n) is 8.61. The van der Waals surface area contributed by atoms with Gasteiger partial charge < -0.3 is 20.1 Å². The zero-order valence-corrected chi connectivity index (χ0v) is 14.6. The highest BCUT2D eigenvalue weighted by molar-refractivity contribution is 5.69. The minimum Gasteiger partial charge on any atom is -0.497 e.